The van der Waals surface area contributed by atoms with Crippen molar-refractivity contribution >= 4 is 41.8 Å². The Morgan fingerprint density at radius 2 is 1.36 bits per heavy atom. The van der Waals surface area contributed by atoms with Gasteiger partial charge in [0.05, 0.1) is 31.4 Å². The van der Waals surface area contributed by atoms with Gasteiger partial charge >= 0.3 is 7.60 Å². The van der Waals surface area contributed by atoms with Gasteiger partial charge in [-0.3, -0.25) is 9.36 Å². The zero-order valence-electron chi connectivity index (χ0n) is 30.0. The van der Waals surface area contributed by atoms with Crippen molar-refractivity contribution in [2.45, 2.75) is 150 Å². The van der Waals surface area contributed by atoms with Gasteiger partial charge in [-0.1, -0.05) is 55.4 Å². The summed E-state index contributed by atoms with van der Waals surface area (Å²) in [5, 5.41) is 0.187. The van der Waals surface area contributed by atoms with E-state index in [-0.39, 0.29) is 53.1 Å². The van der Waals surface area contributed by atoms with Crippen molar-refractivity contribution in [3.8, 4) is 0 Å². The van der Waals surface area contributed by atoms with Crippen molar-refractivity contribution in [1.29, 1.82) is 0 Å². The number of ketones is 1. The van der Waals surface area contributed by atoms with E-state index < -0.39 is 29.9 Å². The fourth-order valence-corrected chi connectivity index (χ4v) is 8.89. The average molecular weight is 671 g/mol. The van der Waals surface area contributed by atoms with E-state index in [0.717, 1.165) is 6.42 Å². The summed E-state index contributed by atoms with van der Waals surface area (Å²) in [6.45, 7) is 33.4. The molecule has 11 heteroatoms. The first-order valence-electron chi connectivity index (χ1n) is 15.8. The summed E-state index contributed by atoms with van der Waals surface area (Å²) in [4.78, 5) is 13.3. The lowest BCUT2D eigenvalue weighted by molar-refractivity contribution is -0.119. The molecule has 0 N–H and O–H groups in total. The minimum absolute atomic E-state index is 0.0369. The normalized spacial score (nSPS) is 17.5. The van der Waals surface area contributed by atoms with Crippen LogP contribution in [0.3, 0.4) is 0 Å². The highest BCUT2D eigenvalue weighted by atomic mass is 32.2. The van der Waals surface area contributed by atoms with Crippen LogP contribution in [0.15, 0.2) is 0 Å². The number of thioether (sulfide) groups is 1. The lowest BCUT2D eigenvalue weighted by Gasteiger charge is -2.44. The van der Waals surface area contributed by atoms with Crippen LogP contribution in [0.25, 0.3) is 0 Å². The lowest BCUT2D eigenvalue weighted by atomic mass is 9.85. The fraction of sp³-hybridized carbons (Fsp3) is 0.968. The van der Waals surface area contributed by atoms with Crippen LogP contribution in [0.1, 0.15) is 95.4 Å². The summed E-state index contributed by atoms with van der Waals surface area (Å²) in [5.41, 5.74) is -0.799. The van der Waals surface area contributed by atoms with E-state index in [4.69, 9.17) is 22.6 Å². The second kappa shape index (κ2) is 18.0. The quantitative estimate of drug-likeness (QED) is 0.0678. The van der Waals surface area contributed by atoms with Crippen LogP contribution >= 0.6 is 19.4 Å². The number of hydrogen-bond acceptors (Lipinski definition) is 8. The van der Waals surface area contributed by atoms with Gasteiger partial charge in [-0.25, -0.2) is 0 Å². The van der Waals surface area contributed by atoms with Crippen LogP contribution in [0, 0.1) is 11.8 Å². The van der Waals surface area contributed by atoms with Gasteiger partial charge in [0, 0.05) is 18.9 Å². The van der Waals surface area contributed by atoms with Gasteiger partial charge in [0.15, 0.2) is 16.6 Å². The molecule has 0 saturated carbocycles. The van der Waals surface area contributed by atoms with Gasteiger partial charge < -0.3 is 22.6 Å². The standard InChI is InChI=1S/C31H67O7PSSi2/c1-17-35-39(33,36-18-2)26(5)27(32)20-19-24(3)29(38-42(15,16)31(9,10)11)25(4)28(34-23-40-12)21-22-37-41(13,14)30(6,7)8/h24-26,28-29H,17-23H2,1-16H3/t24-,25-,26?,28-,29-/m1/s1. The average Bonchev–Trinajstić information content (AvgIpc) is 2.85. The first kappa shape index (κ1) is 42.5. The maximum absolute atomic E-state index is 13.3. The summed E-state index contributed by atoms with van der Waals surface area (Å²) >= 11 is 1.67. The van der Waals surface area contributed by atoms with Crippen molar-refractivity contribution in [3.05, 3.63) is 0 Å². The molecule has 0 aliphatic rings. The molecular formula is C31H67O7PSSi2. The highest BCUT2D eigenvalue weighted by Crippen LogP contribution is 2.53. The third kappa shape index (κ3) is 13.1. The van der Waals surface area contributed by atoms with E-state index in [0.29, 0.717) is 25.4 Å². The van der Waals surface area contributed by atoms with Crippen LogP contribution < -0.4 is 0 Å². The minimum Gasteiger partial charge on any atom is -0.417 e. The fourth-order valence-electron chi connectivity index (χ4n) is 4.31. The molecule has 0 saturated heterocycles. The number of carbonyl (C=O) groups excluding carboxylic acids is 1. The third-order valence-electron chi connectivity index (χ3n) is 9.38. The predicted molar refractivity (Wildman–Crippen MR) is 186 cm³/mol. The zero-order valence-corrected chi connectivity index (χ0v) is 33.8. The lowest BCUT2D eigenvalue weighted by Crippen LogP contribution is -2.50. The number of hydrogen-bond donors (Lipinski definition) is 0. The van der Waals surface area contributed by atoms with Crippen molar-refractivity contribution in [2.75, 3.05) is 32.0 Å². The highest BCUT2D eigenvalue weighted by Gasteiger charge is 2.44. The zero-order chi connectivity index (χ0) is 33.2. The Morgan fingerprint density at radius 1 is 0.857 bits per heavy atom. The maximum atomic E-state index is 13.3. The van der Waals surface area contributed by atoms with Crippen molar-refractivity contribution in [2.24, 2.45) is 11.8 Å². The summed E-state index contributed by atoms with van der Waals surface area (Å²) < 4.78 is 44.3. The smallest absolute Gasteiger partial charge is 0.340 e. The molecule has 0 bridgehead atoms. The molecule has 5 atom stereocenters. The van der Waals surface area contributed by atoms with Gasteiger partial charge in [0.2, 0.25) is 0 Å². The first-order valence-corrected chi connectivity index (χ1v) is 24.7. The largest absolute Gasteiger partial charge is 0.417 e. The molecule has 252 valence electrons. The van der Waals surface area contributed by atoms with Crippen LogP contribution in [-0.4, -0.2) is 72.3 Å². The van der Waals surface area contributed by atoms with Gasteiger partial charge in [-0.2, -0.15) is 0 Å². The Kier molecular flexibility index (Phi) is 18.2. The molecule has 0 amide bonds. The summed E-state index contributed by atoms with van der Waals surface area (Å²) in [5.74, 6) is 0.695. The second-order valence-electron chi connectivity index (χ2n) is 14.7. The molecule has 0 aromatic carbocycles. The topological polar surface area (TPSA) is 80.3 Å². The molecule has 0 aromatic heterocycles. The van der Waals surface area contributed by atoms with E-state index in [1.165, 1.54) is 0 Å². The molecule has 0 radical (unpaired) electrons. The van der Waals surface area contributed by atoms with Crippen molar-refractivity contribution in [1.82, 2.24) is 0 Å². The van der Waals surface area contributed by atoms with Gasteiger partial charge in [-0.05, 0) is 82.1 Å². The van der Waals surface area contributed by atoms with Gasteiger partial charge in [-0.15, -0.1) is 11.8 Å². The molecule has 0 rings (SSSR count). The Labute approximate surface area is 266 Å². The van der Waals surface area contributed by atoms with Crippen LogP contribution in [0.5, 0.6) is 0 Å². The van der Waals surface area contributed by atoms with Crippen LogP contribution in [0.2, 0.25) is 36.3 Å². The molecule has 0 aliphatic carbocycles. The van der Waals surface area contributed by atoms with E-state index in [9.17, 15) is 9.36 Å². The summed E-state index contributed by atoms with van der Waals surface area (Å²) in [7, 11) is -7.52. The second-order valence-corrected chi connectivity index (χ2v) is 27.5. The number of rotatable bonds is 21. The molecule has 0 spiro atoms. The van der Waals surface area contributed by atoms with E-state index in [1.807, 2.05) is 0 Å². The van der Waals surface area contributed by atoms with Gasteiger partial charge in [0.25, 0.3) is 0 Å². The maximum Gasteiger partial charge on any atom is 0.340 e. The van der Waals surface area contributed by atoms with Crippen LogP contribution in [-0.2, 0) is 32.0 Å². The predicted octanol–water partition coefficient (Wildman–Crippen LogP) is 9.77. The molecule has 0 fully saturated rings. The summed E-state index contributed by atoms with van der Waals surface area (Å²) in [6.07, 6.45) is 3.63. The monoisotopic (exact) mass is 670 g/mol. The molecule has 42 heavy (non-hydrogen) atoms. The Morgan fingerprint density at radius 3 is 1.79 bits per heavy atom. The van der Waals surface area contributed by atoms with E-state index in [2.05, 4.69) is 87.8 Å². The Hall–Kier alpha value is 0.484. The molecule has 0 aromatic rings. The molecule has 0 heterocycles. The SMILES string of the molecule is CCOP(=O)(OCC)C(C)C(=O)CC[C@@H](C)[C@@H](O[Si](C)(C)C(C)(C)C)[C@H](C)[C@@H](CCO[Si](C)(C)C(C)(C)C)OCSC. The number of Topliss-reactive ketones (excluding diaryl/α,β-unsaturated/α-hetero) is 1. The first-order chi connectivity index (χ1) is 19.0. The van der Waals surface area contributed by atoms with Crippen molar-refractivity contribution < 1.29 is 32.0 Å². The Balaban J connectivity index is 6.03. The molecule has 0 aliphatic heterocycles. The molecule has 1 unspecified atom stereocenters. The highest BCUT2D eigenvalue weighted by molar-refractivity contribution is 7.98. The van der Waals surface area contributed by atoms with Crippen LogP contribution in [0.4, 0.5) is 0 Å². The molecule has 7 nitrogen and oxygen atoms in total. The van der Waals surface area contributed by atoms with E-state index in [1.54, 1.807) is 32.5 Å². The van der Waals surface area contributed by atoms with E-state index >= 15 is 0 Å². The van der Waals surface area contributed by atoms with Gasteiger partial charge in [0.1, 0.15) is 11.4 Å². The minimum atomic E-state index is -3.50. The number of ether oxygens (including phenoxy) is 1. The Bertz CT molecular complexity index is 832. The summed E-state index contributed by atoms with van der Waals surface area (Å²) in [6, 6.07) is 0. The molecular weight excluding hydrogens is 604 g/mol. The van der Waals surface area contributed by atoms with Crippen molar-refractivity contribution in [3.63, 3.8) is 0 Å². The number of carbonyl (C=O) groups is 1. The third-order valence-corrected chi connectivity index (χ3v) is 21.2.